The summed E-state index contributed by atoms with van der Waals surface area (Å²) in [6.07, 6.45) is 1.32. The van der Waals surface area contributed by atoms with E-state index in [4.69, 9.17) is 16.3 Å². The van der Waals surface area contributed by atoms with Crippen LogP contribution in [0.1, 0.15) is 24.5 Å². The first-order valence-electron chi connectivity index (χ1n) is 10.3. The summed E-state index contributed by atoms with van der Waals surface area (Å²) in [6.45, 7) is 5.38. The lowest BCUT2D eigenvalue weighted by Crippen LogP contribution is -2.53. The van der Waals surface area contributed by atoms with Crippen LogP contribution in [0.25, 0.3) is 0 Å². The van der Waals surface area contributed by atoms with Crippen LogP contribution in [0.3, 0.4) is 0 Å². The summed E-state index contributed by atoms with van der Waals surface area (Å²) < 4.78 is 5.57. The van der Waals surface area contributed by atoms with Gasteiger partial charge in [-0.3, -0.25) is 4.79 Å². The van der Waals surface area contributed by atoms with Crippen LogP contribution in [0.4, 0.5) is 4.79 Å². The van der Waals surface area contributed by atoms with Gasteiger partial charge < -0.3 is 19.9 Å². The number of halogens is 1. The van der Waals surface area contributed by atoms with E-state index in [1.165, 1.54) is 0 Å². The van der Waals surface area contributed by atoms with E-state index in [2.05, 4.69) is 12.2 Å². The fourth-order valence-electron chi connectivity index (χ4n) is 3.26. The molecule has 0 spiro atoms. The monoisotopic (exact) mass is 429 g/mol. The SMILES string of the molecule is CCCOc1ccc(CNC(=O)N2CCN(C(=O)Cc3ccc(Cl)cc3)CC2)cc1. The lowest BCUT2D eigenvalue weighted by atomic mass is 10.1. The van der Waals surface area contributed by atoms with Crippen molar-refractivity contribution in [2.75, 3.05) is 32.8 Å². The van der Waals surface area contributed by atoms with Gasteiger partial charge in [0.15, 0.2) is 0 Å². The Morgan fingerprint density at radius 1 is 0.933 bits per heavy atom. The number of rotatable bonds is 7. The molecule has 1 heterocycles. The van der Waals surface area contributed by atoms with Gasteiger partial charge in [0.1, 0.15) is 5.75 Å². The summed E-state index contributed by atoms with van der Waals surface area (Å²) in [5, 5.41) is 3.61. The predicted octanol–water partition coefficient (Wildman–Crippen LogP) is 3.73. The first kappa shape index (κ1) is 22.0. The highest BCUT2D eigenvalue weighted by Gasteiger charge is 2.24. The number of urea groups is 1. The highest BCUT2D eigenvalue weighted by molar-refractivity contribution is 6.30. The van der Waals surface area contributed by atoms with Crippen molar-refractivity contribution in [1.82, 2.24) is 15.1 Å². The Bertz CT molecular complexity index is 832. The van der Waals surface area contributed by atoms with Crippen molar-refractivity contribution in [3.63, 3.8) is 0 Å². The summed E-state index contributed by atoms with van der Waals surface area (Å²) in [4.78, 5) is 28.5. The lowest BCUT2D eigenvalue weighted by molar-refractivity contribution is -0.131. The summed E-state index contributed by atoms with van der Waals surface area (Å²) in [6, 6.07) is 15.0. The molecule has 0 unspecified atom stereocenters. The van der Waals surface area contributed by atoms with Gasteiger partial charge in [0, 0.05) is 37.7 Å². The van der Waals surface area contributed by atoms with E-state index in [1.54, 1.807) is 17.0 Å². The molecule has 1 N–H and O–H groups in total. The molecule has 2 aromatic carbocycles. The molecule has 3 rings (SSSR count). The second kappa shape index (κ2) is 10.9. The fourth-order valence-corrected chi connectivity index (χ4v) is 3.39. The van der Waals surface area contributed by atoms with E-state index in [0.29, 0.717) is 50.8 Å². The Kier molecular flexibility index (Phi) is 7.97. The van der Waals surface area contributed by atoms with Crippen LogP contribution in [-0.2, 0) is 17.8 Å². The van der Waals surface area contributed by atoms with Gasteiger partial charge >= 0.3 is 6.03 Å². The Labute approximate surface area is 182 Å². The number of amides is 3. The zero-order valence-corrected chi connectivity index (χ0v) is 18.0. The van der Waals surface area contributed by atoms with E-state index in [9.17, 15) is 9.59 Å². The zero-order valence-electron chi connectivity index (χ0n) is 17.3. The van der Waals surface area contributed by atoms with E-state index < -0.39 is 0 Å². The number of carbonyl (C=O) groups excluding carboxylic acids is 2. The molecule has 2 aromatic rings. The molecule has 0 radical (unpaired) electrons. The van der Waals surface area contributed by atoms with Crippen molar-refractivity contribution in [2.45, 2.75) is 26.3 Å². The van der Waals surface area contributed by atoms with Crippen LogP contribution >= 0.6 is 11.6 Å². The number of benzene rings is 2. The van der Waals surface area contributed by atoms with Gasteiger partial charge in [-0.05, 0) is 41.8 Å². The van der Waals surface area contributed by atoms with Crippen molar-refractivity contribution in [1.29, 1.82) is 0 Å². The number of nitrogens with zero attached hydrogens (tertiary/aromatic N) is 2. The lowest BCUT2D eigenvalue weighted by Gasteiger charge is -2.34. The van der Waals surface area contributed by atoms with Crippen molar-refractivity contribution in [2.24, 2.45) is 0 Å². The Balaban J connectivity index is 1.40. The molecule has 160 valence electrons. The van der Waals surface area contributed by atoms with Crippen molar-refractivity contribution >= 4 is 23.5 Å². The molecule has 7 heteroatoms. The van der Waals surface area contributed by atoms with Crippen LogP contribution in [0.2, 0.25) is 5.02 Å². The minimum absolute atomic E-state index is 0.0720. The fraction of sp³-hybridized carbons (Fsp3) is 0.391. The molecule has 30 heavy (non-hydrogen) atoms. The Morgan fingerprint density at radius 3 is 2.17 bits per heavy atom. The maximum absolute atomic E-state index is 12.5. The second-order valence-electron chi connectivity index (χ2n) is 7.32. The number of carbonyl (C=O) groups is 2. The molecule has 0 atom stereocenters. The molecule has 1 aliphatic heterocycles. The average molecular weight is 430 g/mol. The number of nitrogens with one attached hydrogen (secondary N) is 1. The first-order valence-corrected chi connectivity index (χ1v) is 10.7. The van der Waals surface area contributed by atoms with Crippen LogP contribution in [0.15, 0.2) is 48.5 Å². The van der Waals surface area contributed by atoms with E-state index in [-0.39, 0.29) is 11.9 Å². The molecule has 0 bridgehead atoms. The third-order valence-electron chi connectivity index (χ3n) is 5.03. The van der Waals surface area contributed by atoms with Gasteiger partial charge in [0.05, 0.1) is 13.0 Å². The van der Waals surface area contributed by atoms with Crippen LogP contribution in [0, 0.1) is 0 Å². The van der Waals surface area contributed by atoms with E-state index in [0.717, 1.165) is 23.3 Å². The van der Waals surface area contributed by atoms with Crippen LogP contribution in [-0.4, -0.2) is 54.5 Å². The minimum Gasteiger partial charge on any atom is -0.494 e. The van der Waals surface area contributed by atoms with Gasteiger partial charge in [-0.2, -0.15) is 0 Å². The van der Waals surface area contributed by atoms with Gasteiger partial charge in [0.25, 0.3) is 0 Å². The average Bonchev–Trinajstić information content (AvgIpc) is 2.78. The molecular formula is C23H28ClN3O3. The maximum atomic E-state index is 12.5. The third-order valence-corrected chi connectivity index (χ3v) is 5.28. The van der Waals surface area contributed by atoms with Gasteiger partial charge in [-0.15, -0.1) is 0 Å². The molecule has 1 aliphatic rings. The van der Waals surface area contributed by atoms with Crippen LogP contribution in [0.5, 0.6) is 5.75 Å². The Hall–Kier alpha value is -2.73. The molecular weight excluding hydrogens is 402 g/mol. The van der Waals surface area contributed by atoms with Crippen molar-refractivity contribution in [3.8, 4) is 5.75 Å². The number of piperazine rings is 1. The van der Waals surface area contributed by atoms with Crippen molar-refractivity contribution in [3.05, 3.63) is 64.7 Å². The minimum atomic E-state index is -0.105. The van der Waals surface area contributed by atoms with Crippen molar-refractivity contribution < 1.29 is 14.3 Å². The van der Waals surface area contributed by atoms with E-state index in [1.807, 2.05) is 41.3 Å². The number of hydrogen-bond acceptors (Lipinski definition) is 3. The summed E-state index contributed by atoms with van der Waals surface area (Å²) in [5.41, 5.74) is 1.96. The smallest absolute Gasteiger partial charge is 0.317 e. The van der Waals surface area contributed by atoms with Gasteiger partial charge in [0.2, 0.25) is 5.91 Å². The molecule has 0 aliphatic carbocycles. The second-order valence-corrected chi connectivity index (χ2v) is 7.76. The highest BCUT2D eigenvalue weighted by atomic mass is 35.5. The largest absolute Gasteiger partial charge is 0.494 e. The summed E-state index contributed by atoms with van der Waals surface area (Å²) >= 11 is 5.89. The zero-order chi connectivity index (χ0) is 21.3. The normalized spacial score (nSPS) is 13.8. The number of hydrogen-bond donors (Lipinski definition) is 1. The third kappa shape index (κ3) is 6.39. The van der Waals surface area contributed by atoms with E-state index >= 15 is 0 Å². The topological polar surface area (TPSA) is 61.9 Å². The molecule has 1 saturated heterocycles. The molecule has 0 saturated carbocycles. The Morgan fingerprint density at radius 2 is 1.53 bits per heavy atom. The molecule has 0 aromatic heterocycles. The predicted molar refractivity (Wildman–Crippen MR) is 118 cm³/mol. The highest BCUT2D eigenvalue weighted by Crippen LogP contribution is 2.13. The van der Waals surface area contributed by atoms with Gasteiger partial charge in [-0.1, -0.05) is 42.8 Å². The van der Waals surface area contributed by atoms with Crippen LogP contribution < -0.4 is 10.1 Å². The summed E-state index contributed by atoms with van der Waals surface area (Å²) in [7, 11) is 0. The van der Waals surface area contributed by atoms with Gasteiger partial charge in [-0.25, -0.2) is 4.79 Å². The summed E-state index contributed by atoms with van der Waals surface area (Å²) in [5.74, 6) is 0.911. The standard InChI is InChI=1S/C23H28ClN3O3/c1-2-15-30-21-9-5-19(6-10-21)17-25-23(29)27-13-11-26(12-14-27)22(28)16-18-3-7-20(24)8-4-18/h3-10H,2,11-17H2,1H3,(H,25,29). The molecule has 1 fully saturated rings. The first-order chi connectivity index (χ1) is 14.5. The molecule has 6 nitrogen and oxygen atoms in total. The molecule has 3 amide bonds. The maximum Gasteiger partial charge on any atom is 0.317 e. The quantitative estimate of drug-likeness (QED) is 0.729. The number of ether oxygens (including phenoxy) is 1.